The second-order valence-corrected chi connectivity index (χ2v) is 5.82. The molecule has 0 radical (unpaired) electrons. The van der Waals surface area contributed by atoms with E-state index in [1.807, 2.05) is 13.0 Å². The van der Waals surface area contributed by atoms with Crippen molar-refractivity contribution in [3.05, 3.63) is 22.8 Å². The molecule has 0 bridgehead atoms. The van der Waals surface area contributed by atoms with Gasteiger partial charge in [-0.05, 0) is 48.3 Å². The SMILES string of the molecule is CC1=C2C=C(CO)[C@@H](CO)CC[C@]2(C)CCC1=O. The number of aliphatic hydroxyl groups is 2. The highest BCUT2D eigenvalue weighted by molar-refractivity contribution is 5.97. The van der Waals surface area contributed by atoms with Crippen molar-refractivity contribution >= 4 is 5.78 Å². The topological polar surface area (TPSA) is 57.5 Å². The summed E-state index contributed by atoms with van der Waals surface area (Å²) in [7, 11) is 0. The fourth-order valence-electron chi connectivity index (χ4n) is 3.22. The Hall–Kier alpha value is -0.930. The van der Waals surface area contributed by atoms with Crippen LogP contribution in [0.1, 0.15) is 39.5 Å². The van der Waals surface area contributed by atoms with Gasteiger partial charge in [-0.25, -0.2) is 0 Å². The minimum atomic E-state index is -0.0354. The van der Waals surface area contributed by atoms with E-state index in [4.69, 9.17) is 0 Å². The third kappa shape index (κ3) is 2.17. The summed E-state index contributed by atoms with van der Waals surface area (Å²) in [4.78, 5) is 11.9. The van der Waals surface area contributed by atoms with Crippen LogP contribution in [0.15, 0.2) is 22.8 Å². The molecule has 100 valence electrons. The van der Waals surface area contributed by atoms with Crippen LogP contribution in [0.3, 0.4) is 0 Å². The Kier molecular flexibility index (Phi) is 3.74. The minimum absolute atomic E-state index is 0.0301. The van der Waals surface area contributed by atoms with E-state index in [1.165, 1.54) is 0 Å². The van der Waals surface area contributed by atoms with Crippen LogP contribution in [0, 0.1) is 11.3 Å². The van der Waals surface area contributed by atoms with Gasteiger partial charge in [0, 0.05) is 18.9 Å². The number of carbonyl (C=O) groups is 1. The summed E-state index contributed by atoms with van der Waals surface area (Å²) in [5.41, 5.74) is 2.82. The Morgan fingerprint density at radius 1 is 1.39 bits per heavy atom. The average molecular weight is 250 g/mol. The molecule has 0 aromatic rings. The predicted molar refractivity (Wildman–Crippen MR) is 70.0 cm³/mol. The molecule has 2 aliphatic rings. The first-order valence-corrected chi connectivity index (χ1v) is 6.68. The molecular formula is C15H22O3. The van der Waals surface area contributed by atoms with Crippen LogP contribution in [-0.4, -0.2) is 29.2 Å². The molecule has 0 aromatic heterocycles. The van der Waals surface area contributed by atoms with Gasteiger partial charge in [0.25, 0.3) is 0 Å². The Bertz CT molecular complexity index is 419. The van der Waals surface area contributed by atoms with E-state index in [0.717, 1.165) is 36.0 Å². The van der Waals surface area contributed by atoms with Gasteiger partial charge in [-0.3, -0.25) is 4.79 Å². The highest BCUT2D eigenvalue weighted by Crippen LogP contribution is 2.47. The zero-order valence-electron chi connectivity index (χ0n) is 11.2. The van der Waals surface area contributed by atoms with Crippen molar-refractivity contribution in [3.63, 3.8) is 0 Å². The van der Waals surface area contributed by atoms with Crippen molar-refractivity contribution in [3.8, 4) is 0 Å². The third-order valence-corrected chi connectivity index (χ3v) is 4.68. The number of fused-ring (bicyclic) bond motifs is 1. The van der Waals surface area contributed by atoms with Gasteiger partial charge in [0.2, 0.25) is 0 Å². The molecule has 0 heterocycles. The Labute approximate surface area is 108 Å². The Morgan fingerprint density at radius 2 is 2.11 bits per heavy atom. The molecule has 3 nitrogen and oxygen atoms in total. The summed E-state index contributed by atoms with van der Waals surface area (Å²) in [6.45, 7) is 4.12. The molecule has 2 atom stereocenters. The van der Waals surface area contributed by atoms with E-state index >= 15 is 0 Å². The van der Waals surface area contributed by atoms with Crippen LogP contribution < -0.4 is 0 Å². The van der Waals surface area contributed by atoms with Gasteiger partial charge in [0.05, 0.1) is 6.61 Å². The van der Waals surface area contributed by atoms with Gasteiger partial charge in [0.1, 0.15) is 0 Å². The molecule has 0 saturated heterocycles. The first kappa shape index (κ1) is 13.5. The number of hydrogen-bond acceptors (Lipinski definition) is 3. The third-order valence-electron chi connectivity index (χ3n) is 4.68. The fourth-order valence-corrected chi connectivity index (χ4v) is 3.22. The maximum Gasteiger partial charge on any atom is 0.158 e. The molecule has 2 rings (SSSR count). The number of carbonyl (C=O) groups excluding carboxylic acids is 1. The summed E-state index contributed by atoms with van der Waals surface area (Å²) in [6, 6.07) is 0. The van der Waals surface area contributed by atoms with E-state index in [0.29, 0.717) is 6.42 Å². The van der Waals surface area contributed by atoms with E-state index in [1.54, 1.807) is 0 Å². The van der Waals surface area contributed by atoms with Crippen LogP contribution >= 0.6 is 0 Å². The van der Waals surface area contributed by atoms with Gasteiger partial charge in [0.15, 0.2) is 5.78 Å². The van der Waals surface area contributed by atoms with Gasteiger partial charge in [-0.2, -0.15) is 0 Å². The average Bonchev–Trinajstić information content (AvgIpc) is 2.51. The van der Waals surface area contributed by atoms with Crippen molar-refractivity contribution in [1.29, 1.82) is 0 Å². The van der Waals surface area contributed by atoms with Gasteiger partial charge >= 0.3 is 0 Å². The maximum atomic E-state index is 11.9. The number of allylic oxidation sites excluding steroid dienone is 3. The molecule has 18 heavy (non-hydrogen) atoms. The summed E-state index contributed by atoms with van der Waals surface area (Å²) < 4.78 is 0. The lowest BCUT2D eigenvalue weighted by atomic mass is 9.69. The fraction of sp³-hybridized carbons (Fsp3) is 0.667. The molecule has 0 unspecified atom stereocenters. The first-order chi connectivity index (χ1) is 8.51. The molecule has 2 aliphatic carbocycles. The van der Waals surface area contributed by atoms with Crippen molar-refractivity contribution < 1.29 is 15.0 Å². The van der Waals surface area contributed by atoms with E-state index in [2.05, 4.69) is 6.92 Å². The van der Waals surface area contributed by atoms with Crippen LogP contribution in [-0.2, 0) is 4.79 Å². The lowest BCUT2D eigenvalue weighted by Gasteiger charge is -2.35. The molecule has 0 aromatic carbocycles. The van der Waals surface area contributed by atoms with Gasteiger partial charge < -0.3 is 10.2 Å². The zero-order valence-corrected chi connectivity index (χ0v) is 11.2. The molecule has 0 spiro atoms. The number of aliphatic hydroxyl groups excluding tert-OH is 2. The molecule has 0 aliphatic heterocycles. The van der Waals surface area contributed by atoms with Gasteiger partial charge in [-0.15, -0.1) is 0 Å². The zero-order chi connectivity index (χ0) is 13.3. The normalized spacial score (nSPS) is 33.0. The van der Waals surface area contributed by atoms with Crippen molar-refractivity contribution in [2.24, 2.45) is 11.3 Å². The summed E-state index contributed by atoms with van der Waals surface area (Å²) in [5, 5.41) is 18.9. The maximum absolute atomic E-state index is 11.9. The minimum Gasteiger partial charge on any atom is -0.396 e. The molecule has 0 saturated carbocycles. The van der Waals surface area contributed by atoms with Crippen LogP contribution in [0.4, 0.5) is 0 Å². The highest BCUT2D eigenvalue weighted by Gasteiger charge is 2.37. The van der Waals surface area contributed by atoms with Crippen LogP contribution in [0.25, 0.3) is 0 Å². The summed E-state index contributed by atoms with van der Waals surface area (Å²) >= 11 is 0. The second-order valence-electron chi connectivity index (χ2n) is 5.82. The van der Waals surface area contributed by atoms with Crippen LogP contribution in [0.5, 0.6) is 0 Å². The van der Waals surface area contributed by atoms with E-state index in [-0.39, 0.29) is 30.3 Å². The predicted octanol–water partition coefficient (Wildman–Crippen LogP) is 1.99. The molecular weight excluding hydrogens is 228 g/mol. The molecule has 3 heteroatoms. The highest BCUT2D eigenvalue weighted by atomic mass is 16.3. The number of hydrogen-bond donors (Lipinski definition) is 2. The Balaban J connectivity index is 2.50. The number of ketones is 1. The van der Waals surface area contributed by atoms with Crippen molar-refractivity contribution in [2.45, 2.75) is 39.5 Å². The van der Waals surface area contributed by atoms with E-state index in [9.17, 15) is 15.0 Å². The standard InChI is InChI=1S/C15H22O3/c1-10-13-7-12(9-17)11(8-16)3-5-15(13,2)6-4-14(10)18/h7,11,16-17H,3-6,8-9H2,1-2H3/t11-,15-/m1/s1. The van der Waals surface area contributed by atoms with Crippen molar-refractivity contribution in [2.75, 3.05) is 13.2 Å². The summed E-state index contributed by atoms with van der Waals surface area (Å²) in [5.74, 6) is 0.256. The largest absolute Gasteiger partial charge is 0.396 e. The quantitative estimate of drug-likeness (QED) is 0.788. The Morgan fingerprint density at radius 3 is 2.72 bits per heavy atom. The summed E-state index contributed by atoms with van der Waals surface area (Å²) in [6.07, 6.45) is 5.33. The first-order valence-electron chi connectivity index (χ1n) is 6.68. The number of rotatable bonds is 2. The van der Waals surface area contributed by atoms with E-state index < -0.39 is 0 Å². The lowest BCUT2D eigenvalue weighted by Crippen LogP contribution is -2.27. The number of Topliss-reactive ketones (excluding diaryl/α,β-unsaturated/α-hetero) is 1. The van der Waals surface area contributed by atoms with Gasteiger partial charge in [-0.1, -0.05) is 13.0 Å². The molecule has 0 fully saturated rings. The van der Waals surface area contributed by atoms with Crippen molar-refractivity contribution in [1.82, 2.24) is 0 Å². The molecule has 0 amide bonds. The smallest absolute Gasteiger partial charge is 0.158 e. The second kappa shape index (κ2) is 4.98. The van der Waals surface area contributed by atoms with Crippen LogP contribution in [0.2, 0.25) is 0 Å². The molecule has 2 N–H and O–H groups in total. The monoisotopic (exact) mass is 250 g/mol. The lowest BCUT2D eigenvalue weighted by molar-refractivity contribution is -0.116.